The minimum atomic E-state index is -0.980. The van der Waals surface area contributed by atoms with Crippen LogP contribution in [-0.4, -0.2) is 52.7 Å². The first-order valence-electron chi connectivity index (χ1n) is 8.21. The molecule has 1 aromatic heterocycles. The molecule has 6 nitrogen and oxygen atoms in total. The smallest absolute Gasteiger partial charge is 0.305 e. The van der Waals surface area contributed by atoms with Crippen LogP contribution in [0.2, 0.25) is 0 Å². The van der Waals surface area contributed by atoms with Gasteiger partial charge >= 0.3 is 5.97 Å². The summed E-state index contributed by atoms with van der Waals surface area (Å²) in [7, 11) is 0. The number of ether oxygens (including phenoxy) is 1. The van der Waals surface area contributed by atoms with Gasteiger partial charge in [0.25, 0.3) is 5.91 Å². The molecule has 1 aromatic carbocycles. The van der Waals surface area contributed by atoms with E-state index in [9.17, 15) is 14.0 Å². The molecular weight excluding hydrogens is 327 g/mol. The van der Waals surface area contributed by atoms with Gasteiger partial charge in [-0.15, -0.1) is 0 Å². The van der Waals surface area contributed by atoms with E-state index in [1.54, 1.807) is 18.3 Å². The Kier molecular flexibility index (Phi) is 5.23. The maximum absolute atomic E-state index is 14.0. The average molecular weight is 346 g/mol. The highest BCUT2D eigenvalue weighted by Crippen LogP contribution is 2.23. The highest BCUT2D eigenvalue weighted by molar-refractivity contribution is 6.05. The summed E-state index contributed by atoms with van der Waals surface area (Å²) in [6.45, 7) is 1.11. The first-order chi connectivity index (χ1) is 12.1. The molecule has 0 saturated carbocycles. The Morgan fingerprint density at radius 2 is 2.08 bits per heavy atom. The van der Waals surface area contributed by atoms with E-state index < -0.39 is 17.7 Å². The van der Waals surface area contributed by atoms with Crippen LogP contribution in [0.5, 0.6) is 0 Å². The normalized spacial score (nSPS) is 15.2. The van der Waals surface area contributed by atoms with Crippen molar-refractivity contribution >= 4 is 22.8 Å². The molecule has 7 heteroatoms. The Morgan fingerprint density at radius 1 is 1.32 bits per heavy atom. The predicted molar refractivity (Wildman–Crippen MR) is 88.8 cm³/mol. The fraction of sp³-hybridized carbons (Fsp3) is 0.389. The third kappa shape index (κ3) is 3.93. The summed E-state index contributed by atoms with van der Waals surface area (Å²) in [6.07, 6.45) is 2.65. The zero-order valence-corrected chi connectivity index (χ0v) is 13.7. The van der Waals surface area contributed by atoms with Crippen LogP contribution in [-0.2, 0) is 9.53 Å². The zero-order valence-electron chi connectivity index (χ0n) is 13.7. The molecule has 0 radical (unpaired) electrons. The number of nitrogens with zero attached hydrogens (tertiary/aromatic N) is 2. The monoisotopic (exact) mass is 346 g/mol. The van der Waals surface area contributed by atoms with Crippen molar-refractivity contribution in [2.75, 3.05) is 19.8 Å². The molecule has 0 aliphatic carbocycles. The first kappa shape index (κ1) is 17.3. The molecule has 2 heterocycles. The van der Waals surface area contributed by atoms with E-state index in [0.29, 0.717) is 37.0 Å². The summed E-state index contributed by atoms with van der Waals surface area (Å²) >= 11 is 0. The van der Waals surface area contributed by atoms with Crippen LogP contribution >= 0.6 is 0 Å². The maximum Gasteiger partial charge on any atom is 0.305 e. The Bertz CT molecular complexity index is 790. The van der Waals surface area contributed by atoms with Crippen molar-refractivity contribution in [3.63, 3.8) is 0 Å². The number of aromatic nitrogens is 1. The molecule has 0 spiro atoms. The van der Waals surface area contributed by atoms with Crippen LogP contribution in [0.1, 0.15) is 29.6 Å². The molecule has 1 saturated heterocycles. The second-order valence-electron chi connectivity index (χ2n) is 6.01. The molecule has 0 bridgehead atoms. The minimum Gasteiger partial charge on any atom is -0.481 e. The van der Waals surface area contributed by atoms with Gasteiger partial charge in [-0.3, -0.25) is 14.6 Å². The minimum absolute atomic E-state index is 0.0731. The van der Waals surface area contributed by atoms with Gasteiger partial charge in [-0.2, -0.15) is 0 Å². The van der Waals surface area contributed by atoms with E-state index in [1.165, 1.54) is 17.0 Å². The number of halogens is 1. The van der Waals surface area contributed by atoms with E-state index in [-0.39, 0.29) is 24.6 Å². The van der Waals surface area contributed by atoms with Crippen LogP contribution in [0, 0.1) is 5.82 Å². The second-order valence-corrected chi connectivity index (χ2v) is 6.01. The number of carboxylic acids is 1. The van der Waals surface area contributed by atoms with Crippen molar-refractivity contribution in [3.05, 3.63) is 41.8 Å². The third-order valence-corrected chi connectivity index (χ3v) is 4.36. The van der Waals surface area contributed by atoms with E-state index in [4.69, 9.17) is 9.84 Å². The summed E-state index contributed by atoms with van der Waals surface area (Å²) in [5.41, 5.74) is 0.578. The van der Waals surface area contributed by atoms with Crippen LogP contribution in [0.3, 0.4) is 0 Å². The fourth-order valence-electron chi connectivity index (χ4n) is 3.14. The van der Waals surface area contributed by atoms with Crippen LogP contribution in [0.15, 0.2) is 30.5 Å². The Labute approximate surface area is 144 Å². The number of amides is 1. The van der Waals surface area contributed by atoms with Crippen molar-refractivity contribution in [2.45, 2.75) is 25.3 Å². The van der Waals surface area contributed by atoms with E-state index in [2.05, 4.69) is 4.98 Å². The van der Waals surface area contributed by atoms with Crippen molar-refractivity contribution < 1.29 is 23.8 Å². The molecule has 1 aliphatic rings. The van der Waals surface area contributed by atoms with Gasteiger partial charge in [0.15, 0.2) is 0 Å². The number of rotatable bonds is 5. The van der Waals surface area contributed by atoms with Crippen molar-refractivity contribution in [1.82, 2.24) is 9.88 Å². The lowest BCUT2D eigenvalue weighted by Gasteiger charge is -2.34. The van der Waals surface area contributed by atoms with Gasteiger partial charge < -0.3 is 14.7 Å². The van der Waals surface area contributed by atoms with E-state index in [0.717, 1.165) is 0 Å². The standard InChI is InChI=1S/C18H19FN2O4/c19-13-10-12-2-1-6-20-17(12)15(11-13)18(24)21(7-3-16(22)23)14-4-8-25-9-5-14/h1-2,6,10-11,14H,3-5,7-9H2,(H,22,23). The number of hydrogen-bond acceptors (Lipinski definition) is 4. The lowest BCUT2D eigenvalue weighted by Crippen LogP contribution is -2.44. The van der Waals surface area contributed by atoms with Gasteiger partial charge in [0.2, 0.25) is 0 Å². The van der Waals surface area contributed by atoms with Gasteiger partial charge in [0, 0.05) is 37.4 Å². The van der Waals surface area contributed by atoms with Gasteiger partial charge in [0.05, 0.1) is 17.5 Å². The molecule has 1 N–H and O–H groups in total. The molecule has 25 heavy (non-hydrogen) atoms. The summed E-state index contributed by atoms with van der Waals surface area (Å²) in [5.74, 6) is -1.89. The van der Waals surface area contributed by atoms with Crippen molar-refractivity contribution in [3.8, 4) is 0 Å². The number of pyridine rings is 1. The van der Waals surface area contributed by atoms with Gasteiger partial charge in [-0.05, 0) is 31.0 Å². The van der Waals surface area contributed by atoms with Crippen molar-refractivity contribution in [1.29, 1.82) is 0 Å². The molecule has 1 aliphatic heterocycles. The summed E-state index contributed by atoms with van der Waals surface area (Å²) < 4.78 is 19.3. The number of aliphatic carboxylic acids is 1. The van der Waals surface area contributed by atoms with Crippen molar-refractivity contribution in [2.24, 2.45) is 0 Å². The predicted octanol–water partition coefficient (Wildman–Crippen LogP) is 2.47. The quantitative estimate of drug-likeness (QED) is 0.900. The molecule has 0 atom stereocenters. The highest BCUT2D eigenvalue weighted by Gasteiger charge is 2.28. The summed E-state index contributed by atoms with van der Waals surface area (Å²) in [4.78, 5) is 29.8. The Balaban J connectivity index is 1.97. The fourth-order valence-corrected chi connectivity index (χ4v) is 3.14. The van der Waals surface area contributed by atoms with E-state index in [1.807, 2.05) is 0 Å². The lowest BCUT2D eigenvalue weighted by atomic mass is 10.0. The number of hydrogen-bond donors (Lipinski definition) is 1. The SMILES string of the molecule is O=C(O)CCN(C(=O)c1cc(F)cc2cccnc12)C1CCOCC1. The topological polar surface area (TPSA) is 79.7 Å². The first-order valence-corrected chi connectivity index (χ1v) is 8.21. The number of fused-ring (bicyclic) bond motifs is 1. The van der Waals surface area contributed by atoms with E-state index >= 15 is 0 Å². The largest absolute Gasteiger partial charge is 0.481 e. The average Bonchev–Trinajstić information content (AvgIpc) is 2.61. The summed E-state index contributed by atoms with van der Waals surface area (Å²) in [6, 6.07) is 5.75. The Hall–Kier alpha value is -2.54. The zero-order chi connectivity index (χ0) is 17.8. The van der Waals surface area contributed by atoms with Crippen LogP contribution in [0.25, 0.3) is 10.9 Å². The maximum atomic E-state index is 14.0. The molecule has 2 aromatic rings. The van der Waals surface area contributed by atoms with Gasteiger partial charge in [-0.1, -0.05) is 6.07 Å². The van der Waals surface area contributed by atoms with Gasteiger partial charge in [-0.25, -0.2) is 4.39 Å². The number of carbonyl (C=O) groups is 2. The molecular formula is C18H19FN2O4. The second kappa shape index (κ2) is 7.57. The molecule has 3 rings (SSSR count). The number of carboxylic acid groups (broad SMARTS) is 1. The molecule has 1 fully saturated rings. The van der Waals surface area contributed by atoms with Crippen LogP contribution in [0.4, 0.5) is 4.39 Å². The number of benzene rings is 1. The van der Waals surface area contributed by atoms with Gasteiger partial charge in [0.1, 0.15) is 5.82 Å². The third-order valence-electron chi connectivity index (χ3n) is 4.36. The Morgan fingerprint density at radius 3 is 2.80 bits per heavy atom. The molecule has 132 valence electrons. The summed E-state index contributed by atoms with van der Waals surface area (Å²) in [5, 5.41) is 9.53. The van der Waals surface area contributed by atoms with Crippen LogP contribution < -0.4 is 0 Å². The molecule has 0 unspecified atom stereocenters. The molecule has 1 amide bonds. The number of carbonyl (C=O) groups excluding carboxylic acids is 1. The highest BCUT2D eigenvalue weighted by atomic mass is 19.1. The lowest BCUT2D eigenvalue weighted by molar-refractivity contribution is -0.137.